The molecule has 0 spiro atoms. The highest BCUT2D eigenvalue weighted by atomic mass is 16.4. The zero-order valence-corrected chi connectivity index (χ0v) is 12.1. The summed E-state index contributed by atoms with van der Waals surface area (Å²) in [7, 11) is 0. The van der Waals surface area contributed by atoms with E-state index in [-0.39, 0.29) is 5.91 Å². The summed E-state index contributed by atoms with van der Waals surface area (Å²) in [6.45, 7) is 0.610. The van der Waals surface area contributed by atoms with Gasteiger partial charge in [0, 0.05) is 12.2 Å². The molecule has 22 heavy (non-hydrogen) atoms. The van der Waals surface area contributed by atoms with Gasteiger partial charge < -0.3 is 15.3 Å². The minimum atomic E-state index is -1.31. The molecule has 1 aromatic rings. The van der Waals surface area contributed by atoms with Crippen LogP contribution in [0.25, 0.3) is 0 Å². The molecule has 1 atom stereocenters. The van der Waals surface area contributed by atoms with Gasteiger partial charge in [-0.05, 0) is 37.8 Å². The van der Waals surface area contributed by atoms with Crippen LogP contribution in [0.4, 0.5) is 5.69 Å². The van der Waals surface area contributed by atoms with E-state index in [4.69, 9.17) is 5.11 Å². The van der Waals surface area contributed by atoms with E-state index in [0.29, 0.717) is 25.8 Å². The van der Waals surface area contributed by atoms with Gasteiger partial charge in [0.25, 0.3) is 0 Å². The predicted molar refractivity (Wildman–Crippen MR) is 79.3 cm³/mol. The first-order valence-electron chi connectivity index (χ1n) is 7.45. The summed E-state index contributed by atoms with van der Waals surface area (Å²) in [6.07, 6.45) is 2.00. The molecular weight excluding hydrogens is 284 g/mol. The molecular formula is C16H18N2O4. The number of carboxylic acids is 1. The van der Waals surface area contributed by atoms with Crippen molar-refractivity contribution in [1.29, 1.82) is 0 Å². The average molecular weight is 302 g/mol. The Morgan fingerprint density at radius 3 is 2.50 bits per heavy atom. The van der Waals surface area contributed by atoms with Gasteiger partial charge in [-0.25, -0.2) is 0 Å². The lowest BCUT2D eigenvalue weighted by Crippen LogP contribution is -2.54. The van der Waals surface area contributed by atoms with Gasteiger partial charge in [0.2, 0.25) is 11.8 Å². The fourth-order valence-electron chi connectivity index (χ4n) is 2.83. The van der Waals surface area contributed by atoms with Crippen molar-refractivity contribution in [3.05, 3.63) is 30.3 Å². The van der Waals surface area contributed by atoms with Gasteiger partial charge in [-0.2, -0.15) is 0 Å². The van der Waals surface area contributed by atoms with E-state index in [2.05, 4.69) is 5.32 Å². The number of anilines is 1. The van der Waals surface area contributed by atoms with Gasteiger partial charge >= 0.3 is 5.97 Å². The maximum Gasteiger partial charge on any atom is 0.319 e. The Morgan fingerprint density at radius 1 is 1.23 bits per heavy atom. The highest BCUT2D eigenvalue weighted by Gasteiger charge is 2.57. The molecule has 0 aromatic heterocycles. The van der Waals surface area contributed by atoms with E-state index < -0.39 is 23.3 Å². The Hall–Kier alpha value is -2.37. The maximum atomic E-state index is 12.5. The molecule has 3 rings (SSSR count). The molecule has 2 amide bonds. The SMILES string of the molecule is O=C1C(NC(=O)C2(C(=O)O)CC2)CCCN1c1ccccc1. The number of carbonyl (C=O) groups is 3. The van der Waals surface area contributed by atoms with Crippen LogP contribution in [0.1, 0.15) is 25.7 Å². The molecule has 1 unspecified atom stereocenters. The van der Waals surface area contributed by atoms with Crippen LogP contribution in [-0.4, -0.2) is 35.5 Å². The Balaban J connectivity index is 1.71. The van der Waals surface area contributed by atoms with Crippen LogP contribution in [0.3, 0.4) is 0 Å². The van der Waals surface area contributed by atoms with Crippen molar-refractivity contribution in [2.24, 2.45) is 5.41 Å². The monoisotopic (exact) mass is 302 g/mol. The molecule has 1 aliphatic heterocycles. The molecule has 116 valence electrons. The predicted octanol–water partition coefficient (Wildman–Crippen LogP) is 1.16. The molecule has 1 aliphatic carbocycles. The normalized spacial score (nSPS) is 23.0. The number of aliphatic carboxylic acids is 1. The molecule has 0 bridgehead atoms. The molecule has 6 nitrogen and oxygen atoms in total. The Kier molecular flexibility index (Phi) is 3.60. The highest BCUT2D eigenvalue weighted by Crippen LogP contribution is 2.46. The second-order valence-corrected chi connectivity index (χ2v) is 5.88. The number of benzene rings is 1. The third-order valence-electron chi connectivity index (χ3n) is 4.41. The van der Waals surface area contributed by atoms with Crippen LogP contribution in [0.5, 0.6) is 0 Å². The van der Waals surface area contributed by atoms with Crippen LogP contribution in [0.2, 0.25) is 0 Å². The van der Waals surface area contributed by atoms with E-state index in [1.165, 1.54) is 0 Å². The number of nitrogens with one attached hydrogen (secondary N) is 1. The van der Waals surface area contributed by atoms with E-state index in [1.54, 1.807) is 4.90 Å². The molecule has 0 radical (unpaired) electrons. The van der Waals surface area contributed by atoms with E-state index in [9.17, 15) is 14.4 Å². The number of carboxylic acid groups (broad SMARTS) is 1. The van der Waals surface area contributed by atoms with Gasteiger partial charge in [0.15, 0.2) is 0 Å². The van der Waals surface area contributed by atoms with Crippen LogP contribution in [0, 0.1) is 5.41 Å². The number of carbonyl (C=O) groups excluding carboxylic acids is 2. The van der Waals surface area contributed by atoms with E-state index in [1.807, 2.05) is 30.3 Å². The molecule has 6 heteroatoms. The smallest absolute Gasteiger partial charge is 0.319 e. The Bertz CT molecular complexity index is 610. The van der Waals surface area contributed by atoms with Crippen molar-refractivity contribution in [2.75, 3.05) is 11.4 Å². The summed E-state index contributed by atoms with van der Waals surface area (Å²) in [5, 5.41) is 11.8. The standard InChI is InChI=1S/C16H18N2O4/c19-13-12(17-14(20)16(8-9-16)15(21)22)7-4-10-18(13)11-5-2-1-3-6-11/h1-3,5-6,12H,4,7-10H2,(H,17,20)(H,21,22). The molecule has 2 N–H and O–H groups in total. The molecule has 1 saturated carbocycles. The summed E-state index contributed by atoms with van der Waals surface area (Å²) in [4.78, 5) is 37.5. The lowest BCUT2D eigenvalue weighted by atomic mass is 10.0. The third kappa shape index (κ3) is 2.45. The van der Waals surface area contributed by atoms with Gasteiger partial charge in [-0.3, -0.25) is 14.4 Å². The van der Waals surface area contributed by atoms with E-state index in [0.717, 1.165) is 12.1 Å². The van der Waals surface area contributed by atoms with Crippen LogP contribution in [-0.2, 0) is 14.4 Å². The van der Waals surface area contributed by atoms with Crippen molar-refractivity contribution >= 4 is 23.5 Å². The summed E-state index contributed by atoms with van der Waals surface area (Å²) >= 11 is 0. The van der Waals surface area contributed by atoms with Crippen LogP contribution < -0.4 is 10.2 Å². The van der Waals surface area contributed by atoms with Crippen LogP contribution >= 0.6 is 0 Å². The number of hydrogen-bond donors (Lipinski definition) is 2. The molecule has 1 heterocycles. The minimum Gasteiger partial charge on any atom is -0.480 e. The largest absolute Gasteiger partial charge is 0.480 e. The summed E-state index contributed by atoms with van der Waals surface area (Å²) in [5.41, 5.74) is -0.513. The molecule has 1 aromatic carbocycles. The minimum absolute atomic E-state index is 0.174. The summed E-state index contributed by atoms with van der Waals surface area (Å²) in [6, 6.07) is 8.64. The molecule has 2 aliphatic rings. The molecule has 1 saturated heterocycles. The maximum absolute atomic E-state index is 12.5. The fourth-order valence-corrected chi connectivity index (χ4v) is 2.83. The fraction of sp³-hybridized carbons (Fsp3) is 0.438. The number of nitrogens with zero attached hydrogens (tertiary/aromatic N) is 1. The topological polar surface area (TPSA) is 86.7 Å². The van der Waals surface area contributed by atoms with Crippen molar-refractivity contribution < 1.29 is 19.5 Å². The van der Waals surface area contributed by atoms with Crippen molar-refractivity contribution in [3.8, 4) is 0 Å². The highest BCUT2D eigenvalue weighted by molar-refractivity contribution is 6.07. The number of hydrogen-bond acceptors (Lipinski definition) is 3. The zero-order valence-electron chi connectivity index (χ0n) is 12.1. The average Bonchev–Trinajstić information content (AvgIpc) is 3.32. The second kappa shape index (κ2) is 5.44. The van der Waals surface area contributed by atoms with Gasteiger partial charge in [-0.15, -0.1) is 0 Å². The lowest BCUT2D eigenvalue weighted by Gasteiger charge is -2.33. The number of rotatable bonds is 4. The quantitative estimate of drug-likeness (QED) is 0.817. The summed E-state index contributed by atoms with van der Waals surface area (Å²) in [5.74, 6) is -1.81. The van der Waals surface area contributed by atoms with Gasteiger partial charge in [0.05, 0.1) is 0 Å². The lowest BCUT2D eigenvalue weighted by molar-refractivity contribution is -0.150. The Morgan fingerprint density at radius 2 is 1.91 bits per heavy atom. The van der Waals surface area contributed by atoms with Crippen molar-refractivity contribution in [1.82, 2.24) is 5.32 Å². The first-order valence-corrected chi connectivity index (χ1v) is 7.45. The first kappa shape index (κ1) is 14.6. The van der Waals surface area contributed by atoms with Gasteiger partial charge in [0.1, 0.15) is 11.5 Å². The Labute approximate surface area is 128 Å². The number of amides is 2. The zero-order chi connectivity index (χ0) is 15.7. The van der Waals surface area contributed by atoms with Gasteiger partial charge in [-0.1, -0.05) is 18.2 Å². The second-order valence-electron chi connectivity index (χ2n) is 5.88. The van der Waals surface area contributed by atoms with Crippen LogP contribution in [0.15, 0.2) is 30.3 Å². The number of para-hydroxylation sites is 1. The first-order chi connectivity index (χ1) is 10.5. The third-order valence-corrected chi connectivity index (χ3v) is 4.41. The van der Waals surface area contributed by atoms with E-state index >= 15 is 0 Å². The summed E-state index contributed by atoms with van der Waals surface area (Å²) < 4.78 is 0. The molecule has 2 fully saturated rings. The number of piperidine rings is 1. The van der Waals surface area contributed by atoms with Crippen molar-refractivity contribution in [3.63, 3.8) is 0 Å². The van der Waals surface area contributed by atoms with Crippen molar-refractivity contribution in [2.45, 2.75) is 31.7 Å².